The van der Waals surface area contributed by atoms with Crippen LogP contribution in [0.5, 0.6) is 0 Å². The lowest BCUT2D eigenvalue weighted by atomic mass is 9.91. The quantitative estimate of drug-likeness (QED) is 0.0470. The van der Waals surface area contributed by atoms with Gasteiger partial charge in [-0.2, -0.15) is 0 Å². The Morgan fingerprint density at radius 1 is 0.304 bits per heavy atom. The van der Waals surface area contributed by atoms with Crippen LogP contribution in [0, 0.1) is 11.8 Å². The Balaban J connectivity index is 1.73. The first-order valence-corrected chi connectivity index (χ1v) is 37.6. The van der Waals surface area contributed by atoms with Crippen LogP contribution in [0.25, 0.3) is 0 Å². The first-order valence-electron chi connectivity index (χ1n) is 37.6. The number of carboxylic acids is 1. The minimum atomic E-state index is -0.799. The van der Waals surface area contributed by atoms with Crippen molar-refractivity contribution in [3.05, 3.63) is 0 Å². The summed E-state index contributed by atoms with van der Waals surface area (Å²) in [4.78, 5) is 11.9. The number of unbranched alkanes of at least 4 members (excludes halogenated alkanes) is 59. The van der Waals surface area contributed by atoms with Gasteiger partial charge in [0, 0.05) is 0 Å². The summed E-state index contributed by atoms with van der Waals surface area (Å²) in [5.74, 6) is -0.614. The minimum Gasteiger partial charge on any atom is -0.481 e. The van der Waals surface area contributed by atoms with E-state index in [9.17, 15) is 15.0 Å². The molecule has 0 radical (unpaired) electrons. The second-order valence-electron chi connectivity index (χ2n) is 27.0. The van der Waals surface area contributed by atoms with Crippen LogP contribution in [0.1, 0.15) is 445 Å². The molecule has 4 nitrogen and oxygen atoms in total. The molecule has 0 amide bonds. The molecule has 1 rings (SSSR count). The molecule has 4 heteroatoms. The molecule has 2 N–H and O–H groups in total. The van der Waals surface area contributed by atoms with Crippen molar-refractivity contribution in [1.29, 1.82) is 0 Å². The summed E-state index contributed by atoms with van der Waals surface area (Å²) >= 11 is 0. The van der Waals surface area contributed by atoms with E-state index >= 15 is 0 Å². The van der Waals surface area contributed by atoms with E-state index in [-0.39, 0.29) is 0 Å². The number of hydrogen-bond acceptors (Lipinski definition) is 3. The van der Waals surface area contributed by atoms with Crippen molar-refractivity contribution in [2.24, 2.45) is 11.8 Å². The van der Waals surface area contributed by atoms with E-state index in [1.54, 1.807) is 0 Å². The van der Waals surface area contributed by atoms with Crippen molar-refractivity contribution in [1.82, 2.24) is 0 Å². The fourth-order valence-electron chi connectivity index (χ4n) is 13.3. The molecule has 0 spiro atoms. The van der Waals surface area contributed by atoms with Crippen LogP contribution in [0.2, 0.25) is 0 Å². The highest BCUT2D eigenvalue weighted by Gasteiger charge is 2.41. The lowest BCUT2D eigenvalue weighted by Gasteiger charge is -2.19. The van der Waals surface area contributed by atoms with E-state index in [0.29, 0.717) is 25.0 Å². The third-order valence-corrected chi connectivity index (χ3v) is 19.1. The van der Waals surface area contributed by atoms with Gasteiger partial charge in [0.25, 0.3) is 0 Å². The van der Waals surface area contributed by atoms with Crippen LogP contribution >= 0.6 is 0 Å². The molecular weight excluding hydrogens is 965 g/mol. The molecule has 1 aliphatic heterocycles. The van der Waals surface area contributed by atoms with Gasteiger partial charge in [-0.3, -0.25) is 4.79 Å². The molecule has 1 saturated heterocycles. The van der Waals surface area contributed by atoms with Crippen molar-refractivity contribution in [3.63, 3.8) is 0 Å². The van der Waals surface area contributed by atoms with Crippen LogP contribution in [-0.2, 0) is 9.53 Å². The molecule has 0 aromatic carbocycles. The zero-order valence-corrected chi connectivity index (χ0v) is 54.8. The lowest BCUT2D eigenvalue weighted by molar-refractivity contribution is -0.146. The van der Waals surface area contributed by atoms with Crippen molar-refractivity contribution in [2.45, 2.75) is 463 Å². The van der Waals surface area contributed by atoms with Crippen LogP contribution in [0.4, 0.5) is 0 Å². The van der Waals surface area contributed by atoms with E-state index in [1.807, 2.05) is 0 Å². The third kappa shape index (κ3) is 56.3. The Morgan fingerprint density at radius 3 is 0.747 bits per heavy atom. The first-order chi connectivity index (χ1) is 39.0. The maximum absolute atomic E-state index is 11.9. The molecular formula is C75H148O4. The number of rotatable bonds is 70. The Kier molecular flexibility index (Phi) is 61.3. The fraction of sp³-hybridized carbons (Fsp3) is 0.987. The largest absolute Gasteiger partial charge is 0.481 e. The Bertz CT molecular complexity index is 1160. The maximum atomic E-state index is 11.9. The van der Waals surface area contributed by atoms with Gasteiger partial charge in [-0.15, -0.1) is 0 Å². The Morgan fingerprint density at radius 2 is 0.506 bits per heavy atom. The molecule has 5 atom stereocenters. The molecule has 0 aromatic heterocycles. The van der Waals surface area contributed by atoms with Crippen LogP contribution in [-0.4, -0.2) is 34.5 Å². The van der Waals surface area contributed by atoms with Crippen LogP contribution < -0.4 is 0 Å². The smallest absolute Gasteiger partial charge is 0.309 e. The number of ether oxygens (including phenoxy) is 1. The van der Waals surface area contributed by atoms with Gasteiger partial charge < -0.3 is 14.9 Å². The van der Waals surface area contributed by atoms with Gasteiger partial charge in [-0.25, -0.2) is 0 Å². The minimum absolute atomic E-state index is 0.583. The number of epoxide rings is 1. The predicted octanol–water partition coefficient (Wildman–Crippen LogP) is 26.2. The van der Waals surface area contributed by atoms with Crippen molar-refractivity contribution >= 4 is 5.97 Å². The van der Waals surface area contributed by atoms with Crippen molar-refractivity contribution in [2.75, 3.05) is 0 Å². The maximum Gasteiger partial charge on any atom is 0.309 e. The van der Waals surface area contributed by atoms with Gasteiger partial charge >= 0.3 is 5.97 Å². The first kappa shape index (κ1) is 76.4. The highest BCUT2D eigenvalue weighted by atomic mass is 16.6. The number of hydrogen-bond donors (Lipinski definition) is 2. The molecule has 0 aliphatic carbocycles. The molecule has 0 aromatic rings. The average Bonchev–Trinajstić information content (AvgIpc) is 4.29. The highest BCUT2D eigenvalue weighted by molar-refractivity contribution is 5.70. The van der Waals surface area contributed by atoms with Gasteiger partial charge in [0.1, 0.15) is 0 Å². The summed E-state index contributed by atoms with van der Waals surface area (Å²) in [5.41, 5.74) is 0. The number of carbonyl (C=O) groups is 1. The fourth-order valence-corrected chi connectivity index (χ4v) is 13.3. The Labute approximate surface area is 498 Å². The Hall–Kier alpha value is -0.610. The zero-order chi connectivity index (χ0) is 56.8. The standard InChI is InChI=1S/C75H148O4/c1-4-6-8-10-12-14-16-18-20-21-22-23-30-33-36-39-43-47-51-55-59-63-67-71(75(77)78)72(76)68-64-60-56-52-48-44-40-37-34-31-28-26-24-25-27-29-32-35-38-41-45-49-53-57-61-65-69-73-74(79-73)70(3)66-62-58-54-50-46-42-19-17-15-13-11-9-7-5-2/h70-74,76H,4-69H2,1-3H3,(H,77,78). The van der Waals surface area contributed by atoms with E-state index in [1.165, 1.54) is 385 Å². The highest BCUT2D eigenvalue weighted by Crippen LogP contribution is 2.36. The van der Waals surface area contributed by atoms with Crippen LogP contribution in [0.15, 0.2) is 0 Å². The van der Waals surface area contributed by atoms with Gasteiger partial charge in [-0.1, -0.05) is 419 Å². The molecule has 0 bridgehead atoms. The summed E-state index contributed by atoms with van der Waals surface area (Å²) in [5, 5.41) is 20.5. The summed E-state index contributed by atoms with van der Waals surface area (Å²) in [6, 6.07) is 0. The SMILES string of the molecule is CCCCCCCCCCCCCCCCCCCCCCCCC(C(=O)O)C(O)CCCCCCCCCCCCCCCCCCCCCCCCCCCCC1OC1C(C)CCCCCCCCCCCCCCCC. The average molecular weight is 1110 g/mol. The number of aliphatic hydroxyl groups is 1. The molecule has 1 aliphatic rings. The monoisotopic (exact) mass is 1110 g/mol. The summed E-state index contributed by atoms with van der Waals surface area (Å²) < 4.78 is 6.13. The number of carboxylic acid groups (broad SMARTS) is 1. The van der Waals surface area contributed by atoms with Gasteiger partial charge in [0.05, 0.1) is 24.2 Å². The number of aliphatic hydroxyl groups excluding tert-OH is 1. The predicted molar refractivity (Wildman–Crippen MR) is 351 cm³/mol. The molecule has 472 valence electrons. The van der Waals surface area contributed by atoms with Gasteiger partial charge in [0.15, 0.2) is 0 Å². The summed E-state index contributed by atoms with van der Waals surface area (Å²) in [6.07, 6.45) is 90.8. The van der Waals surface area contributed by atoms with E-state index in [4.69, 9.17) is 4.74 Å². The summed E-state index contributed by atoms with van der Waals surface area (Å²) in [7, 11) is 0. The molecule has 0 saturated carbocycles. The molecule has 79 heavy (non-hydrogen) atoms. The normalized spacial score (nSPS) is 15.5. The molecule has 5 unspecified atom stereocenters. The van der Waals surface area contributed by atoms with Gasteiger partial charge in [0.2, 0.25) is 0 Å². The van der Waals surface area contributed by atoms with Crippen LogP contribution in [0.3, 0.4) is 0 Å². The molecule has 1 heterocycles. The van der Waals surface area contributed by atoms with Crippen molar-refractivity contribution < 1.29 is 19.7 Å². The van der Waals surface area contributed by atoms with E-state index < -0.39 is 18.0 Å². The molecule has 1 fully saturated rings. The second-order valence-corrected chi connectivity index (χ2v) is 27.0. The van der Waals surface area contributed by atoms with E-state index in [2.05, 4.69) is 20.8 Å². The lowest BCUT2D eigenvalue weighted by Crippen LogP contribution is -2.28. The number of aliphatic carboxylic acids is 1. The van der Waals surface area contributed by atoms with Gasteiger partial charge in [-0.05, 0) is 31.6 Å². The second kappa shape index (κ2) is 63.4. The topological polar surface area (TPSA) is 70.1 Å². The van der Waals surface area contributed by atoms with E-state index in [0.717, 1.165) is 31.6 Å². The third-order valence-electron chi connectivity index (χ3n) is 19.1. The summed E-state index contributed by atoms with van der Waals surface area (Å²) in [6.45, 7) is 7.06. The zero-order valence-electron chi connectivity index (χ0n) is 54.8. The van der Waals surface area contributed by atoms with Crippen molar-refractivity contribution in [3.8, 4) is 0 Å².